The molecule has 0 heterocycles. The molecule has 17 heavy (non-hydrogen) atoms. The SMILES string of the molecule is O=C1CCCCCCC1Cc1ccc(O)cc1. The molecule has 1 N–H and O–H groups in total. The molecule has 1 aromatic carbocycles. The van der Waals surface area contributed by atoms with Gasteiger partial charge in [0.15, 0.2) is 0 Å². The van der Waals surface area contributed by atoms with Gasteiger partial charge in [0, 0.05) is 12.3 Å². The zero-order valence-electron chi connectivity index (χ0n) is 10.2. The lowest BCUT2D eigenvalue weighted by molar-refractivity contribution is -0.123. The van der Waals surface area contributed by atoms with Crippen LogP contribution in [0.1, 0.15) is 44.1 Å². The molecule has 0 radical (unpaired) electrons. The maximum atomic E-state index is 12.0. The van der Waals surface area contributed by atoms with E-state index in [4.69, 9.17) is 0 Å². The topological polar surface area (TPSA) is 37.3 Å². The molecule has 2 heteroatoms. The van der Waals surface area contributed by atoms with E-state index in [-0.39, 0.29) is 11.7 Å². The minimum atomic E-state index is 0.194. The van der Waals surface area contributed by atoms with Crippen molar-refractivity contribution in [3.8, 4) is 5.75 Å². The highest BCUT2D eigenvalue weighted by atomic mass is 16.3. The number of benzene rings is 1. The number of rotatable bonds is 2. The summed E-state index contributed by atoms with van der Waals surface area (Å²) in [6.07, 6.45) is 7.32. The van der Waals surface area contributed by atoms with Crippen LogP contribution in [0.2, 0.25) is 0 Å². The van der Waals surface area contributed by atoms with E-state index >= 15 is 0 Å². The summed E-state index contributed by atoms with van der Waals surface area (Å²) in [4.78, 5) is 12.0. The first-order chi connectivity index (χ1) is 8.25. The van der Waals surface area contributed by atoms with Crippen LogP contribution < -0.4 is 0 Å². The maximum absolute atomic E-state index is 12.0. The normalized spacial score (nSPS) is 21.9. The molecule has 1 aliphatic rings. The molecule has 0 aliphatic heterocycles. The molecule has 1 aromatic rings. The third-order valence-corrected chi connectivity index (χ3v) is 3.60. The summed E-state index contributed by atoms with van der Waals surface area (Å²) in [6, 6.07) is 7.23. The Labute approximate surface area is 103 Å². The Hall–Kier alpha value is -1.31. The summed E-state index contributed by atoms with van der Waals surface area (Å²) in [5, 5.41) is 9.23. The van der Waals surface area contributed by atoms with Crippen LogP contribution in [-0.2, 0) is 11.2 Å². The second-order valence-corrected chi connectivity index (χ2v) is 4.99. The Kier molecular flexibility index (Phi) is 4.18. The van der Waals surface area contributed by atoms with Crippen molar-refractivity contribution in [2.75, 3.05) is 0 Å². The van der Waals surface area contributed by atoms with Gasteiger partial charge < -0.3 is 5.11 Å². The second-order valence-electron chi connectivity index (χ2n) is 4.99. The Morgan fingerprint density at radius 3 is 2.53 bits per heavy atom. The van der Waals surface area contributed by atoms with Gasteiger partial charge in [-0.2, -0.15) is 0 Å². The van der Waals surface area contributed by atoms with Crippen molar-refractivity contribution in [2.24, 2.45) is 5.92 Å². The molecule has 1 unspecified atom stereocenters. The minimum absolute atomic E-state index is 0.194. The van der Waals surface area contributed by atoms with Crippen molar-refractivity contribution in [1.29, 1.82) is 0 Å². The first-order valence-electron chi connectivity index (χ1n) is 6.56. The van der Waals surface area contributed by atoms with Crippen molar-refractivity contribution in [2.45, 2.75) is 44.9 Å². The van der Waals surface area contributed by atoms with Crippen LogP contribution >= 0.6 is 0 Å². The van der Waals surface area contributed by atoms with Gasteiger partial charge in [-0.25, -0.2) is 0 Å². The smallest absolute Gasteiger partial charge is 0.136 e. The van der Waals surface area contributed by atoms with Crippen LogP contribution in [0.3, 0.4) is 0 Å². The van der Waals surface area contributed by atoms with Gasteiger partial charge >= 0.3 is 0 Å². The molecule has 92 valence electrons. The summed E-state index contributed by atoms with van der Waals surface area (Å²) in [6.45, 7) is 0. The summed E-state index contributed by atoms with van der Waals surface area (Å²) >= 11 is 0. The first-order valence-corrected chi connectivity index (χ1v) is 6.56. The fourth-order valence-corrected chi connectivity index (χ4v) is 2.54. The summed E-state index contributed by atoms with van der Waals surface area (Å²) in [7, 11) is 0. The maximum Gasteiger partial charge on any atom is 0.136 e. The van der Waals surface area contributed by atoms with E-state index in [9.17, 15) is 9.90 Å². The Bertz CT molecular complexity index is 367. The van der Waals surface area contributed by atoms with Gasteiger partial charge in [0.05, 0.1) is 0 Å². The van der Waals surface area contributed by atoms with Gasteiger partial charge in [-0.1, -0.05) is 31.4 Å². The van der Waals surface area contributed by atoms with E-state index in [1.54, 1.807) is 12.1 Å². The molecule has 1 fully saturated rings. The Balaban J connectivity index is 1.99. The predicted octanol–water partition coefficient (Wildman–Crippen LogP) is 3.47. The molecule has 1 atom stereocenters. The number of ketones is 1. The Morgan fingerprint density at radius 1 is 1.06 bits per heavy atom. The average Bonchev–Trinajstić information content (AvgIpc) is 2.31. The van der Waals surface area contributed by atoms with E-state index in [0.29, 0.717) is 5.78 Å². The van der Waals surface area contributed by atoms with Crippen molar-refractivity contribution < 1.29 is 9.90 Å². The van der Waals surface area contributed by atoms with E-state index in [2.05, 4.69) is 0 Å². The molecule has 0 spiro atoms. The quantitative estimate of drug-likeness (QED) is 0.847. The van der Waals surface area contributed by atoms with Gasteiger partial charge in [-0.3, -0.25) is 4.79 Å². The number of Topliss-reactive ketones (excluding diaryl/α,β-unsaturated/α-hetero) is 1. The highest BCUT2D eigenvalue weighted by Gasteiger charge is 2.19. The van der Waals surface area contributed by atoms with Gasteiger partial charge in [0.25, 0.3) is 0 Å². The van der Waals surface area contributed by atoms with Gasteiger partial charge in [0.2, 0.25) is 0 Å². The Morgan fingerprint density at radius 2 is 1.76 bits per heavy atom. The van der Waals surface area contributed by atoms with Crippen molar-refractivity contribution in [1.82, 2.24) is 0 Å². The zero-order valence-corrected chi connectivity index (χ0v) is 10.2. The lowest BCUT2D eigenvalue weighted by Gasteiger charge is -2.18. The third-order valence-electron chi connectivity index (χ3n) is 3.60. The van der Waals surface area contributed by atoms with Crippen LogP contribution in [0.25, 0.3) is 0 Å². The number of phenols is 1. The molecule has 1 aliphatic carbocycles. The zero-order chi connectivity index (χ0) is 12.1. The van der Waals surface area contributed by atoms with Crippen molar-refractivity contribution in [3.05, 3.63) is 29.8 Å². The number of hydrogen-bond acceptors (Lipinski definition) is 2. The van der Waals surface area contributed by atoms with Crippen LogP contribution in [-0.4, -0.2) is 10.9 Å². The molecule has 0 saturated heterocycles. The van der Waals surface area contributed by atoms with Gasteiger partial charge in [-0.15, -0.1) is 0 Å². The van der Waals surface area contributed by atoms with Crippen LogP contribution in [0.15, 0.2) is 24.3 Å². The average molecular weight is 232 g/mol. The number of aromatic hydroxyl groups is 1. The fraction of sp³-hybridized carbons (Fsp3) is 0.533. The molecule has 0 amide bonds. The molecule has 2 nitrogen and oxygen atoms in total. The second kappa shape index (κ2) is 5.85. The summed E-state index contributed by atoms with van der Waals surface area (Å²) < 4.78 is 0. The molecular formula is C15H20O2. The third kappa shape index (κ3) is 3.58. The number of carbonyl (C=O) groups excluding carboxylic acids is 1. The van der Waals surface area contributed by atoms with Crippen molar-refractivity contribution >= 4 is 5.78 Å². The number of hydrogen-bond donors (Lipinski definition) is 1. The summed E-state index contributed by atoms with van der Waals surface area (Å²) in [5.74, 6) is 0.912. The molecule has 2 rings (SSSR count). The van der Waals surface area contributed by atoms with Crippen LogP contribution in [0.5, 0.6) is 5.75 Å². The predicted molar refractivity (Wildman–Crippen MR) is 68.0 cm³/mol. The van der Waals surface area contributed by atoms with Crippen LogP contribution in [0.4, 0.5) is 0 Å². The van der Waals surface area contributed by atoms with E-state index < -0.39 is 0 Å². The fourth-order valence-electron chi connectivity index (χ4n) is 2.54. The number of carbonyl (C=O) groups is 1. The van der Waals surface area contributed by atoms with Crippen molar-refractivity contribution in [3.63, 3.8) is 0 Å². The van der Waals surface area contributed by atoms with Crippen LogP contribution in [0, 0.1) is 5.92 Å². The largest absolute Gasteiger partial charge is 0.508 e. The highest BCUT2D eigenvalue weighted by Crippen LogP contribution is 2.23. The summed E-state index contributed by atoms with van der Waals surface area (Å²) in [5.41, 5.74) is 1.15. The van der Waals surface area contributed by atoms with E-state index in [0.717, 1.165) is 31.2 Å². The van der Waals surface area contributed by atoms with Gasteiger partial charge in [-0.05, 0) is 37.0 Å². The molecular weight excluding hydrogens is 212 g/mol. The first kappa shape index (κ1) is 12.2. The van der Waals surface area contributed by atoms with E-state index in [1.165, 1.54) is 19.3 Å². The standard InChI is InChI=1S/C15H20O2/c16-14-9-7-12(8-10-14)11-13-5-3-1-2-4-6-15(13)17/h7-10,13,16H,1-6,11H2. The van der Waals surface area contributed by atoms with Gasteiger partial charge in [0.1, 0.15) is 11.5 Å². The molecule has 1 saturated carbocycles. The molecule has 0 aromatic heterocycles. The molecule has 0 bridgehead atoms. The lowest BCUT2D eigenvalue weighted by atomic mass is 9.86. The number of phenolic OH excluding ortho intramolecular Hbond substituents is 1. The monoisotopic (exact) mass is 232 g/mol. The van der Waals surface area contributed by atoms with E-state index in [1.807, 2.05) is 12.1 Å². The minimum Gasteiger partial charge on any atom is -0.508 e. The highest BCUT2D eigenvalue weighted by molar-refractivity contribution is 5.81. The lowest BCUT2D eigenvalue weighted by Crippen LogP contribution is -2.18.